The molecule has 0 aromatic heterocycles. The van der Waals surface area contributed by atoms with Crippen LogP contribution in [0.2, 0.25) is 0 Å². The summed E-state index contributed by atoms with van der Waals surface area (Å²) in [5.41, 5.74) is -0.198. The number of rotatable bonds is 5. The third-order valence-corrected chi connectivity index (χ3v) is 4.15. The van der Waals surface area contributed by atoms with Crippen molar-refractivity contribution in [3.63, 3.8) is 0 Å². The van der Waals surface area contributed by atoms with Gasteiger partial charge in [-0.3, -0.25) is 14.4 Å². The molecule has 0 saturated carbocycles. The Bertz CT molecular complexity index is 935. The predicted molar refractivity (Wildman–Crippen MR) is 92.8 cm³/mol. The summed E-state index contributed by atoms with van der Waals surface area (Å²) in [6, 6.07) is 8.27. The maximum absolute atomic E-state index is 13.8. The summed E-state index contributed by atoms with van der Waals surface area (Å²) in [6.45, 7) is -0.785. The van der Waals surface area contributed by atoms with E-state index < -0.39 is 47.8 Å². The summed E-state index contributed by atoms with van der Waals surface area (Å²) in [5.74, 6) is -5.29. The van der Waals surface area contributed by atoms with Crippen LogP contribution in [0.4, 0.5) is 24.5 Å². The van der Waals surface area contributed by atoms with Crippen LogP contribution in [0.3, 0.4) is 0 Å². The van der Waals surface area contributed by atoms with Gasteiger partial charge in [0.15, 0.2) is 6.61 Å². The highest BCUT2D eigenvalue weighted by Gasteiger charge is 2.37. The summed E-state index contributed by atoms with van der Waals surface area (Å²) < 4.78 is 45.1. The predicted octanol–water partition coefficient (Wildman–Crippen LogP) is 2.64. The molecule has 146 valence electrons. The molecule has 1 fully saturated rings. The van der Waals surface area contributed by atoms with Crippen molar-refractivity contribution in [2.45, 2.75) is 6.42 Å². The molecule has 2 amide bonds. The molecule has 28 heavy (non-hydrogen) atoms. The van der Waals surface area contributed by atoms with E-state index in [1.54, 1.807) is 6.07 Å². The number of esters is 1. The standard InChI is InChI=1S/C19H15F3N2O4/c20-12-5-6-15(14(22)8-12)23-17(25)10-28-19(27)11-7-18(26)24(9-11)16-4-2-1-3-13(16)21/h1-6,8,11H,7,9-10H2,(H,23,25)/t11-/m0/s1. The third kappa shape index (κ3) is 4.30. The highest BCUT2D eigenvalue weighted by atomic mass is 19.1. The van der Waals surface area contributed by atoms with Gasteiger partial charge in [-0.25, -0.2) is 13.2 Å². The van der Waals surface area contributed by atoms with Crippen molar-refractivity contribution in [1.82, 2.24) is 0 Å². The molecule has 2 aromatic carbocycles. The third-order valence-electron chi connectivity index (χ3n) is 4.15. The molecular formula is C19H15F3N2O4. The fourth-order valence-electron chi connectivity index (χ4n) is 2.80. The van der Waals surface area contributed by atoms with Crippen molar-refractivity contribution in [2.75, 3.05) is 23.4 Å². The molecule has 1 saturated heterocycles. The van der Waals surface area contributed by atoms with Gasteiger partial charge in [-0.05, 0) is 24.3 Å². The van der Waals surface area contributed by atoms with Crippen molar-refractivity contribution >= 4 is 29.2 Å². The zero-order chi connectivity index (χ0) is 20.3. The molecule has 2 aromatic rings. The first kappa shape index (κ1) is 19.4. The number of nitrogens with zero attached hydrogens (tertiary/aromatic N) is 1. The van der Waals surface area contributed by atoms with E-state index in [4.69, 9.17) is 4.74 Å². The fraction of sp³-hybridized carbons (Fsp3) is 0.211. The van der Waals surface area contributed by atoms with Crippen LogP contribution in [0.1, 0.15) is 6.42 Å². The van der Waals surface area contributed by atoms with Gasteiger partial charge in [-0.1, -0.05) is 12.1 Å². The number of para-hydroxylation sites is 1. The second-order valence-electron chi connectivity index (χ2n) is 6.14. The van der Waals surface area contributed by atoms with Gasteiger partial charge in [0.1, 0.15) is 17.5 Å². The van der Waals surface area contributed by atoms with Crippen LogP contribution >= 0.6 is 0 Å². The Morgan fingerprint density at radius 1 is 1.11 bits per heavy atom. The maximum Gasteiger partial charge on any atom is 0.311 e. The van der Waals surface area contributed by atoms with Crippen LogP contribution in [-0.2, 0) is 19.1 Å². The van der Waals surface area contributed by atoms with E-state index >= 15 is 0 Å². The van der Waals surface area contributed by atoms with Gasteiger partial charge in [-0.15, -0.1) is 0 Å². The number of hydrogen-bond acceptors (Lipinski definition) is 4. The summed E-state index contributed by atoms with van der Waals surface area (Å²) >= 11 is 0. The van der Waals surface area contributed by atoms with E-state index in [1.807, 2.05) is 0 Å². The molecule has 0 unspecified atom stereocenters. The quantitative estimate of drug-likeness (QED) is 0.794. The topological polar surface area (TPSA) is 75.7 Å². The summed E-state index contributed by atoms with van der Waals surface area (Å²) in [6.07, 6.45) is -0.179. The van der Waals surface area contributed by atoms with E-state index in [1.165, 1.54) is 18.2 Å². The van der Waals surface area contributed by atoms with Crippen LogP contribution in [0.25, 0.3) is 0 Å². The Kier molecular flexibility index (Phi) is 5.62. The van der Waals surface area contributed by atoms with Gasteiger partial charge in [0.25, 0.3) is 5.91 Å². The lowest BCUT2D eigenvalue weighted by Gasteiger charge is -2.17. The molecule has 1 heterocycles. The van der Waals surface area contributed by atoms with Crippen molar-refractivity contribution in [3.8, 4) is 0 Å². The number of ether oxygens (including phenoxy) is 1. The van der Waals surface area contributed by atoms with Crippen molar-refractivity contribution in [3.05, 3.63) is 59.9 Å². The number of carbonyl (C=O) groups is 3. The molecule has 1 N–H and O–H groups in total. The molecule has 0 aliphatic carbocycles. The number of nitrogens with one attached hydrogen (secondary N) is 1. The highest BCUT2D eigenvalue weighted by Crippen LogP contribution is 2.27. The lowest BCUT2D eigenvalue weighted by Crippen LogP contribution is -2.28. The maximum atomic E-state index is 13.8. The largest absolute Gasteiger partial charge is 0.455 e. The lowest BCUT2D eigenvalue weighted by molar-refractivity contribution is -0.151. The van der Waals surface area contributed by atoms with Gasteiger partial charge in [-0.2, -0.15) is 0 Å². The Morgan fingerprint density at radius 2 is 1.86 bits per heavy atom. The zero-order valence-corrected chi connectivity index (χ0v) is 14.5. The monoisotopic (exact) mass is 392 g/mol. The molecular weight excluding hydrogens is 377 g/mol. The molecule has 1 atom stereocenters. The van der Waals surface area contributed by atoms with Crippen LogP contribution in [0.15, 0.2) is 42.5 Å². The van der Waals surface area contributed by atoms with Gasteiger partial charge in [0.2, 0.25) is 5.91 Å². The Labute approximate surface area is 157 Å². The molecule has 0 radical (unpaired) electrons. The molecule has 1 aliphatic heterocycles. The van der Waals surface area contributed by atoms with Crippen molar-refractivity contribution < 1.29 is 32.3 Å². The Balaban J connectivity index is 1.54. The minimum Gasteiger partial charge on any atom is -0.455 e. The van der Waals surface area contributed by atoms with E-state index in [2.05, 4.69) is 5.32 Å². The summed E-state index contributed by atoms with van der Waals surface area (Å²) in [5, 5.41) is 2.15. The molecule has 9 heteroatoms. The van der Waals surface area contributed by atoms with Crippen LogP contribution in [0.5, 0.6) is 0 Å². The van der Waals surface area contributed by atoms with Crippen molar-refractivity contribution in [1.29, 1.82) is 0 Å². The van der Waals surface area contributed by atoms with Crippen LogP contribution in [-0.4, -0.2) is 30.9 Å². The van der Waals surface area contributed by atoms with Crippen LogP contribution < -0.4 is 10.2 Å². The van der Waals surface area contributed by atoms with E-state index in [9.17, 15) is 27.6 Å². The number of anilines is 2. The molecule has 1 aliphatic rings. The second-order valence-corrected chi connectivity index (χ2v) is 6.14. The molecule has 3 rings (SSSR count). The number of benzene rings is 2. The van der Waals surface area contributed by atoms with E-state index in [0.717, 1.165) is 17.0 Å². The average Bonchev–Trinajstić information content (AvgIpc) is 3.04. The first-order valence-corrected chi connectivity index (χ1v) is 8.31. The molecule has 0 bridgehead atoms. The average molecular weight is 392 g/mol. The SMILES string of the molecule is O=C(COC(=O)[C@H]1CC(=O)N(c2ccccc2F)C1)Nc1ccc(F)cc1F. The highest BCUT2D eigenvalue weighted by molar-refractivity contribution is 6.00. The minimum absolute atomic E-state index is 0.0623. The Morgan fingerprint density at radius 3 is 2.57 bits per heavy atom. The fourth-order valence-corrected chi connectivity index (χ4v) is 2.80. The second kappa shape index (κ2) is 8.12. The van der Waals surface area contributed by atoms with Gasteiger partial charge in [0.05, 0.1) is 17.3 Å². The summed E-state index contributed by atoms with van der Waals surface area (Å²) in [4.78, 5) is 37.1. The number of carbonyl (C=O) groups excluding carboxylic acids is 3. The van der Waals surface area contributed by atoms with Gasteiger partial charge < -0.3 is 15.0 Å². The van der Waals surface area contributed by atoms with Gasteiger partial charge >= 0.3 is 5.97 Å². The number of halogens is 3. The number of amides is 2. The first-order chi connectivity index (χ1) is 13.3. The summed E-state index contributed by atoms with van der Waals surface area (Å²) in [7, 11) is 0. The van der Waals surface area contributed by atoms with Crippen molar-refractivity contribution in [2.24, 2.45) is 5.92 Å². The van der Waals surface area contributed by atoms with Gasteiger partial charge in [0, 0.05) is 19.0 Å². The Hall–Kier alpha value is -3.36. The number of hydrogen-bond donors (Lipinski definition) is 1. The lowest BCUT2D eigenvalue weighted by atomic mass is 10.1. The smallest absolute Gasteiger partial charge is 0.311 e. The van der Waals surface area contributed by atoms with E-state index in [0.29, 0.717) is 6.07 Å². The van der Waals surface area contributed by atoms with E-state index in [-0.39, 0.29) is 24.3 Å². The zero-order valence-electron chi connectivity index (χ0n) is 14.5. The van der Waals surface area contributed by atoms with Crippen LogP contribution in [0, 0.1) is 23.4 Å². The minimum atomic E-state index is -0.971. The molecule has 6 nitrogen and oxygen atoms in total. The molecule has 0 spiro atoms. The normalized spacial score (nSPS) is 16.2. The first-order valence-electron chi connectivity index (χ1n) is 8.31.